The van der Waals surface area contributed by atoms with Crippen LogP contribution >= 0.6 is 23.2 Å². The lowest BCUT2D eigenvalue weighted by Crippen LogP contribution is -2.34. The first-order valence-electron chi connectivity index (χ1n) is 11.0. The number of hydrogen-bond donors (Lipinski definition) is 1. The van der Waals surface area contributed by atoms with E-state index in [4.69, 9.17) is 23.2 Å². The largest absolute Gasteiger partial charge is 0.377 e. The van der Waals surface area contributed by atoms with Crippen molar-refractivity contribution >= 4 is 40.5 Å². The Labute approximate surface area is 198 Å². The summed E-state index contributed by atoms with van der Waals surface area (Å²) in [7, 11) is 0. The van der Waals surface area contributed by atoms with Gasteiger partial charge in [-0.1, -0.05) is 77.8 Å². The molecule has 3 aromatic carbocycles. The Morgan fingerprint density at radius 3 is 2.53 bits per heavy atom. The first-order chi connectivity index (χ1) is 15.6. The molecule has 3 unspecified atom stereocenters. The van der Waals surface area contributed by atoms with E-state index in [0.29, 0.717) is 28.1 Å². The van der Waals surface area contributed by atoms with Crippen LogP contribution in [0, 0.1) is 5.92 Å². The standard InChI is InChI=1S/C27H24Cl2N2O/c1-2-31(17-9-4-3-5-10-17)27(32)22-15-7-13-20-18-11-6-12-19(18)25(30-26(20)22)21-14-8-16-23(28)24(21)29/h3-11,13-16,18-19,25,30H,2,12H2,1H3. The summed E-state index contributed by atoms with van der Waals surface area (Å²) in [6.07, 6.45) is 5.45. The number of nitrogens with one attached hydrogen (secondary N) is 1. The molecule has 0 spiro atoms. The van der Waals surface area contributed by atoms with Gasteiger partial charge in [-0.3, -0.25) is 4.79 Å². The number of carbonyl (C=O) groups is 1. The highest BCUT2D eigenvalue weighted by molar-refractivity contribution is 6.42. The van der Waals surface area contributed by atoms with Crippen molar-refractivity contribution < 1.29 is 4.79 Å². The Morgan fingerprint density at radius 2 is 1.75 bits per heavy atom. The van der Waals surface area contributed by atoms with Crippen LogP contribution in [0.4, 0.5) is 11.4 Å². The third kappa shape index (κ3) is 3.50. The summed E-state index contributed by atoms with van der Waals surface area (Å²) >= 11 is 13.0. The van der Waals surface area contributed by atoms with E-state index in [1.165, 1.54) is 0 Å². The Kier molecular flexibility index (Phi) is 5.71. The Morgan fingerprint density at radius 1 is 1.00 bits per heavy atom. The van der Waals surface area contributed by atoms with Crippen LogP contribution in [0.1, 0.15) is 46.8 Å². The monoisotopic (exact) mass is 462 g/mol. The van der Waals surface area contributed by atoms with Gasteiger partial charge in [0.1, 0.15) is 0 Å². The molecule has 5 rings (SSSR count). The molecule has 0 radical (unpaired) electrons. The van der Waals surface area contributed by atoms with Crippen LogP contribution in [0.5, 0.6) is 0 Å². The normalized spacial score (nSPS) is 20.9. The van der Waals surface area contributed by atoms with Crippen LogP contribution in [0.2, 0.25) is 10.0 Å². The van der Waals surface area contributed by atoms with Crippen molar-refractivity contribution in [3.8, 4) is 0 Å². The van der Waals surface area contributed by atoms with Gasteiger partial charge in [0.2, 0.25) is 0 Å². The molecular formula is C27H24Cl2N2O. The number of amides is 1. The topological polar surface area (TPSA) is 32.3 Å². The van der Waals surface area contributed by atoms with Crippen LogP contribution in [0.3, 0.4) is 0 Å². The highest BCUT2D eigenvalue weighted by Gasteiger charge is 2.40. The fourth-order valence-electron chi connectivity index (χ4n) is 5.06. The number of para-hydroxylation sites is 2. The second-order valence-electron chi connectivity index (χ2n) is 8.27. The van der Waals surface area contributed by atoms with E-state index in [1.807, 2.05) is 72.5 Å². The van der Waals surface area contributed by atoms with Crippen molar-refractivity contribution in [2.24, 2.45) is 5.92 Å². The average Bonchev–Trinajstić information content (AvgIpc) is 3.32. The van der Waals surface area contributed by atoms with Crippen molar-refractivity contribution in [3.63, 3.8) is 0 Å². The molecule has 1 amide bonds. The van der Waals surface area contributed by atoms with Gasteiger partial charge in [-0.2, -0.15) is 0 Å². The first kappa shape index (κ1) is 21.1. The van der Waals surface area contributed by atoms with E-state index in [2.05, 4.69) is 23.5 Å². The summed E-state index contributed by atoms with van der Waals surface area (Å²) in [4.78, 5) is 15.5. The average molecular weight is 463 g/mol. The number of hydrogen-bond acceptors (Lipinski definition) is 2. The molecule has 1 aliphatic heterocycles. The maximum absolute atomic E-state index is 13.7. The Bertz CT molecular complexity index is 1190. The van der Waals surface area contributed by atoms with Gasteiger partial charge >= 0.3 is 0 Å². The van der Waals surface area contributed by atoms with Crippen molar-refractivity contribution in [2.75, 3.05) is 16.8 Å². The second kappa shape index (κ2) is 8.65. The number of rotatable bonds is 4. The second-order valence-corrected chi connectivity index (χ2v) is 9.06. The predicted molar refractivity (Wildman–Crippen MR) is 133 cm³/mol. The molecule has 0 saturated carbocycles. The van der Waals surface area contributed by atoms with Crippen molar-refractivity contribution in [1.29, 1.82) is 0 Å². The molecule has 1 N–H and O–H groups in total. The molecule has 0 saturated heterocycles. The fourth-order valence-corrected chi connectivity index (χ4v) is 5.49. The summed E-state index contributed by atoms with van der Waals surface area (Å²) in [5.41, 5.74) is 4.59. The molecule has 0 bridgehead atoms. The van der Waals surface area contributed by atoms with Gasteiger partial charge in [-0.15, -0.1) is 0 Å². The van der Waals surface area contributed by atoms with Crippen LogP contribution in [-0.4, -0.2) is 12.5 Å². The first-order valence-corrected chi connectivity index (χ1v) is 11.7. The predicted octanol–water partition coefficient (Wildman–Crippen LogP) is 7.49. The number of allylic oxidation sites excluding steroid dienone is 2. The molecule has 0 aromatic heterocycles. The molecule has 5 heteroatoms. The fraction of sp³-hybridized carbons (Fsp3) is 0.222. The van der Waals surface area contributed by atoms with Gasteiger partial charge in [0.05, 0.1) is 27.3 Å². The van der Waals surface area contributed by atoms with Gasteiger partial charge in [-0.05, 0) is 54.7 Å². The highest BCUT2D eigenvalue weighted by atomic mass is 35.5. The van der Waals surface area contributed by atoms with E-state index in [9.17, 15) is 4.79 Å². The lowest BCUT2D eigenvalue weighted by atomic mass is 9.76. The minimum atomic E-state index is -0.0329. The maximum Gasteiger partial charge on any atom is 0.260 e. The number of carbonyl (C=O) groups excluding carboxylic acids is 1. The van der Waals surface area contributed by atoms with Crippen LogP contribution < -0.4 is 10.2 Å². The molecular weight excluding hydrogens is 439 g/mol. The zero-order valence-electron chi connectivity index (χ0n) is 17.8. The number of benzene rings is 3. The minimum Gasteiger partial charge on any atom is -0.377 e. The minimum absolute atomic E-state index is 0.0144. The summed E-state index contributed by atoms with van der Waals surface area (Å²) < 4.78 is 0. The Balaban J connectivity index is 1.60. The number of halogens is 2. The van der Waals surface area contributed by atoms with Gasteiger partial charge in [-0.25, -0.2) is 0 Å². The zero-order chi connectivity index (χ0) is 22.2. The molecule has 32 heavy (non-hydrogen) atoms. The molecule has 162 valence electrons. The van der Waals surface area contributed by atoms with Crippen LogP contribution in [-0.2, 0) is 0 Å². The number of nitrogens with zero attached hydrogens (tertiary/aromatic N) is 1. The summed E-state index contributed by atoms with van der Waals surface area (Å²) in [5, 5.41) is 4.82. The van der Waals surface area contributed by atoms with E-state index in [0.717, 1.165) is 28.9 Å². The molecule has 0 fully saturated rings. The molecule has 3 atom stereocenters. The number of anilines is 2. The molecule has 1 heterocycles. The lowest BCUT2D eigenvalue weighted by molar-refractivity contribution is 0.0988. The van der Waals surface area contributed by atoms with Crippen molar-refractivity contribution in [2.45, 2.75) is 25.3 Å². The van der Waals surface area contributed by atoms with Crippen LogP contribution in [0.25, 0.3) is 0 Å². The SMILES string of the molecule is CCN(C(=O)c1cccc2c1NC(c1cccc(Cl)c1Cl)C1CC=CC21)c1ccccc1. The zero-order valence-corrected chi connectivity index (χ0v) is 19.3. The van der Waals surface area contributed by atoms with E-state index in [-0.39, 0.29) is 17.9 Å². The molecule has 3 aromatic rings. The smallest absolute Gasteiger partial charge is 0.260 e. The van der Waals surface area contributed by atoms with Gasteiger partial charge in [0.15, 0.2) is 0 Å². The summed E-state index contributed by atoms with van der Waals surface area (Å²) in [6.45, 7) is 2.58. The molecule has 2 aliphatic rings. The van der Waals surface area contributed by atoms with Crippen molar-refractivity contribution in [3.05, 3.63) is 106 Å². The third-order valence-electron chi connectivity index (χ3n) is 6.57. The van der Waals surface area contributed by atoms with Gasteiger partial charge in [0.25, 0.3) is 5.91 Å². The van der Waals surface area contributed by atoms with E-state index in [1.54, 1.807) is 0 Å². The molecule has 3 nitrogen and oxygen atoms in total. The summed E-state index contributed by atoms with van der Waals surface area (Å²) in [5.74, 6) is 0.533. The van der Waals surface area contributed by atoms with Crippen LogP contribution in [0.15, 0.2) is 78.9 Å². The quantitative estimate of drug-likeness (QED) is 0.407. The van der Waals surface area contributed by atoms with E-state index >= 15 is 0 Å². The van der Waals surface area contributed by atoms with Gasteiger partial charge < -0.3 is 10.2 Å². The van der Waals surface area contributed by atoms with E-state index < -0.39 is 0 Å². The third-order valence-corrected chi connectivity index (χ3v) is 7.41. The number of fused-ring (bicyclic) bond motifs is 3. The highest BCUT2D eigenvalue weighted by Crippen LogP contribution is 2.52. The van der Waals surface area contributed by atoms with Gasteiger partial charge in [0, 0.05) is 18.2 Å². The Hall–Kier alpha value is -2.75. The van der Waals surface area contributed by atoms with Crippen molar-refractivity contribution in [1.82, 2.24) is 0 Å². The lowest BCUT2D eigenvalue weighted by Gasteiger charge is -2.39. The summed E-state index contributed by atoms with van der Waals surface area (Å²) in [6, 6.07) is 21.6. The molecule has 1 aliphatic carbocycles. The maximum atomic E-state index is 13.7.